The number of aryl methyl sites for hydroxylation is 1. The smallest absolute Gasteiger partial charge is 0.163 e. The summed E-state index contributed by atoms with van der Waals surface area (Å²) >= 11 is 0. The molecule has 1 saturated heterocycles. The molecule has 2 fully saturated rings. The monoisotopic (exact) mass is 413 g/mol. The first-order valence-corrected chi connectivity index (χ1v) is 11.3. The van der Waals surface area contributed by atoms with E-state index >= 15 is 0 Å². The fraction of sp³-hybridized carbons (Fsp3) is 0.417. The maximum Gasteiger partial charge on any atom is 0.163 e. The predicted molar refractivity (Wildman–Crippen MR) is 123 cm³/mol. The molecule has 1 atom stereocenters. The zero-order valence-corrected chi connectivity index (χ0v) is 18.0. The van der Waals surface area contributed by atoms with Crippen LogP contribution in [0.1, 0.15) is 43.4 Å². The van der Waals surface area contributed by atoms with Crippen LogP contribution < -0.4 is 10.2 Å². The third kappa shape index (κ3) is 3.07. The van der Waals surface area contributed by atoms with Gasteiger partial charge in [0.05, 0.1) is 11.7 Å². The molecule has 0 aromatic carbocycles. The van der Waals surface area contributed by atoms with Crippen molar-refractivity contribution < 1.29 is 0 Å². The lowest BCUT2D eigenvalue weighted by atomic mass is 9.79. The highest BCUT2D eigenvalue weighted by Crippen LogP contribution is 2.42. The van der Waals surface area contributed by atoms with Crippen molar-refractivity contribution in [3.05, 3.63) is 42.0 Å². The van der Waals surface area contributed by atoms with Gasteiger partial charge in [-0.3, -0.25) is 4.98 Å². The molecule has 7 nitrogen and oxygen atoms in total. The highest BCUT2D eigenvalue weighted by Gasteiger charge is 2.28. The van der Waals surface area contributed by atoms with Crippen LogP contribution in [-0.4, -0.2) is 50.6 Å². The van der Waals surface area contributed by atoms with E-state index in [1.54, 1.807) is 0 Å². The molecule has 2 N–H and O–H groups in total. The molecule has 0 radical (unpaired) electrons. The number of rotatable bonds is 3. The summed E-state index contributed by atoms with van der Waals surface area (Å²) in [6.07, 6.45) is 9.53. The zero-order valence-electron chi connectivity index (χ0n) is 18.0. The molecule has 158 valence electrons. The van der Waals surface area contributed by atoms with Crippen LogP contribution in [0.3, 0.4) is 0 Å². The van der Waals surface area contributed by atoms with E-state index in [2.05, 4.69) is 45.1 Å². The summed E-state index contributed by atoms with van der Waals surface area (Å²) in [6.45, 7) is 7.18. The molecule has 1 saturated carbocycles. The van der Waals surface area contributed by atoms with Crippen molar-refractivity contribution >= 4 is 27.8 Å². The second-order valence-electron chi connectivity index (χ2n) is 8.94. The third-order valence-corrected chi connectivity index (χ3v) is 6.84. The Morgan fingerprint density at radius 3 is 2.87 bits per heavy atom. The van der Waals surface area contributed by atoms with Gasteiger partial charge in [0.2, 0.25) is 0 Å². The Morgan fingerprint density at radius 2 is 2.06 bits per heavy atom. The van der Waals surface area contributed by atoms with Crippen molar-refractivity contribution in [3.63, 3.8) is 0 Å². The second kappa shape index (κ2) is 7.27. The summed E-state index contributed by atoms with van der Waals surface area (Å²) in [5.41, 5.74) is 5.22. The van der Waals surface area contributed by atoms with Gasteiger partial charge < -0.3 is 15.2 Å². The maximum atomic E-state index is 5.22. The number of aromatic amines is 1. The Labute approximate surface area is 181 Å². The first-order chi connectivity index (χ1) is 15.2. The molecule has 1 aliphatic heterocycles. The van der Waals surface area contributed by atoms with E-state index in [4.69, 9.17) is 9.97 Å². The number of nitrogens with one attached hydrogen (secondary N) is 2. The fourth-order valence-electron chi connectivity index (χ4n) is 4.95. The molecule has 2 aliphatic rings. The van der Waals surface area contributed by atoms with E-state index in [0.717, 1.165) is 59.1 Å². The molecule has 0 amide bonds. The van der Waals surface area contributed by atoms with Gasteiger partial charge in [0.25, 0.3) is 0 Å². The number of aromatic nitrogens is 5. The molecular weight excluding hydrogens is 386 g/mol. The minimum Gasteiger partial charge on any atom is -0.351 e. The van der Waals surface area contributed by atoms with Gasteiger partial charge in [-0.1, -0.05) is 6.42 Å². The summed E-state index contributed by atoms with van der Waals surface area (Å²) in [5, 5.41) is 5.75. The van der Waals surface area contributed by atoms with Crippen LogP contribution in [0.4, 0.5) is 5.82 Å². The quantitative estimate of drug-likeness (QED) is 0.529. The van der Waals surface area contributed by atoms with Gasteiger partial charge in [-0.15, -0.1) is 0 Å². The van der Waals surface area contributed by atoms with Crippen molar-refractivity contribution in [3.8, 4) is 11.4 Å². The number of hydrogen-bond donors (Lipinski definition) is 2. The molecule has 6 rings (SSSR count). The number of piperazine rings is 1. The van der Waals surface area contributed by atoms with Crippen LogP contribution >= 0.6 is 0 Å². The first kappa shape index (κ1) is 18.7. The minimum atomic E-state index is 0.370. The Balaban J connectivity index is 1.62. The molecule has 4 aromatic rings. The molecule has 5 heterocycles. The lowest BCUT2D eigenvalue weighted by Crippen LogP contribution is -2.50. The van der Waals surface area contributed by atoms with Gasteiger partial charge >= 0.3 is 0 Å². The molecule has 1 aliphatic carbocycles. The molecule has 0 bridgehead atoms. The second-order valence-corrected chi connectivity index (χ2v) is 8.94. The largest absolute Gasteiger partial charge is 0.351 e. The standard InChI is InChI=1S/C24H27N7/c1-14-10-18-17(6-7-27-22(18)28-14)23-29-20-13-26-12-19(16-4-3-5-16)21(20)24(30-23)31-9-8-25-11-15(31)2/h6-7,10,12-13,15-16,25H,3-5,8-9,11H2,1-2H3,(H,27,28)/t15-/m1/s1. The van der Waals surface area contributed by atoms with Crippen LogP contribution in [0.2, 0.25) is 0 Å². The number of fused-ring (bicyclic) bond motifs is 2. The summed E-state index contributed by atoms with van der Waals surface area (Å²) in [6, 6.07) is 4.51. The van der Waals surface area contributed by atoms with Gasteiger partial charge in [-0.05, 0) is 50.3 Å². The summed E-state index contributed by atoms with van der Waals surface area (Å²) in [7, 11) is 0. The van der Waals surface area contributed by atoms with E-state index in [9.17, 15) is 0 Å². The Kier molecular flexibility index (Phi) is 4.38. The third-order valence-electron chi connectivity index (χ3n) is 6.84. The van der Waals surface area contributed by atoms with E-state index < -0.39 is 0 Å². The van der Waals surface area contributed by atoms with Crippen LogP contribution in [0.15, 0.2) is 30.7 Å². The topological polar surface area (TPSA) is 82.6 Å². The number of hydrogen-bond acceptors (Lipinski definition) is 6. The Bertz CT molecular complexity index is 1270. The number of nitrogens with zero attached hydrogens (tertiary/aromatic N) is 5. The van der Waals surface area contributed by atoms with E-state index in [-0.39, 0.29) is 0 Å². The highest BCUT2D eigenvalue weighted by atomic mass is 15.3. The van der Waals surface area contributed by atoms with Gasteiger partial charge in [0, 0.05) is 60.1 Å². The van der Waals surface area contributed by atoms with Gasteiger partial charge in [0.1, 0.15) is 11.5 Å². The van der Waals surface area contributed by atoms with E-state index in [1.807, 2.05) is 24.7 Å². The van der Waals surface area contributed by atoms with Gasteiger partial charge in [0.15, 0.2) is 5.82 Å². The average Bonchev–Trinajstić information content (AvgIpc) is 3.12. The Hall–Kier alpha value is -3.06. The van der Waals surface area contributed by atoms with Crippen molar-refractivity contribution in [1.82, 2.24) is 30.2 Å². The normalized spacial score (nSPS) is 19.8. The molecular formula is C24H27N7. The molecule has 0 spiro atoms. The number of H-pyrrole nitrogens is 1. The summed E-state index contributed by atoms with van der Waals surface area (Å²) in [5.74, 6) is 2.37. The lowest BCUT2D eigenvalue weighted by molar-refractivity contribution is 0.421. The maximum absolute atomic E-state index is 5.22. The van der Waals surface area contributed by atoms with E-state index in [0.29, 0.717) is 12.0 Å². The van der Waals surface area contributed by atoms with Crippen LogP contribution in [0, 0.1) is 6.92 Å². The number of pyridine rings is 2. The SMILES string of the molecule is Cc1cc2c(-c3nc(N4CCNC[C@H]4C)c4c(C5CCC5)cncc4n3)ccnc2[nH]1. The van der Waals surface area contributed by atoms with Crippen LogP contribution in [0.5, 0.6) is 0 Å². The highest BCUT2D eigenvalue weighted by molar-refractivity contribution is 5.97. The Morgan fingerprint density at radius 1 is 1.16 bits per heavy atom. The summed E-state index contributed by atoms with van der Waals surface area (Å²) in [4.78, 5) is 25.1. The summed E-state index contributed by atoms with van der Waals surface area (Å²) < 4.78 is 0. The van der Waals surface area contributed by atoms with Crippen molar-refractivity contribution in [2.75, 3.05) is 24.5 Å². The van der Waals surface area contributed by atoms with Crippen LogP contribution in [0.25, 0.3) is 33.3 Å². The predicted octanol–water partition coefficient (Wildman–Crippen LogP) is 3.94. The van der Waals surface area contributed by atoms with Gasteiger partial charge in [-0.2, -0.15) is 0 Å². The number of anilines is 1. The van der Waals surface area contributed by atoms with Crippen LogP contribution in [-0.2, 0) is 0 Å². The first-order valence-electron chi connectivity index (χ1n) is 11.3. The molecule has 31 heavy (non-hydrogen) atoms. The molecule has 0 unspecified atom stereocenters. The van der Waals surface area contributed by atoms with E-state index in [1.165, 1.54) is 30.2 Å². The lowest BCUT2D eigenvalue weighted by Gasteiger charge is -2.36. The minimum absolute atomic E-state index is 0.370. The van der Waals surface area contributed by atoms with Crippen molar-refractivity contribution in [1.29, 1.82) is 0 Å². The average molecular weight is 414 g/mol. The molecule has 7 heteroatoms. The molecule has 4 aromatic heterocycles. The van der Waals surface area contributed by atoms with Crippen molar-refractivity contribution in [2.24, 2.45) is 0 Å². The fourth-order valence-corrected chi connectivity index (χ4v) is 4.95. The van der Waals surface area contributed by atoms with Gasteiger partial charge in [-0.25, -0.2) is 15.0 Å². The zero-order chi connectivity index (χ0) is 20.9. The van der Waals surface area contributed by atoms with Crippen molar-refractivity contribution in [2.45, 2.75) is 45.1 Å².